The Kier molecular flexibility index (Phi) is 5.79. The zero-order valence-corrected chi connectivity index (χ0v) is 19.4. The van der Waals surface area contributed by atoms with Crippen molar-refractivity contribution in [1.82, 2.24) is 4.90 Å². The lowest BCUT2D eigenvalue weighted by atomic mass is 9.48. The van der Waals surface area contributed by atoms with Gasteiger partial charge in [-0.1, -0.05) is 25.5 Å². The van der Waals surface area contributed by atoms with E-state index in [4.69, 9.17) is 9.47 Å². The molecule has 0 unspecified atom stereocenters. The fraction of sp³-hybridized carbons (Fsp3) is 0.846. The molecule has 0 bridgehead atoms. The highest BCUT2D eigenvalue weighted by Crippen LogP contribution is 2.64. The summed E-state index contributed by atoms with van der Waals surface area (Å²) in [6.45, 7) is 8.84. The van der Waals surface area contributed by atoms with Crippen molar-refractivity contribution in [2.75, 3.05) is 32.8 Å². The second-order valence-electron chi connectivity index (χ2n) is 11.2. The molecule has 31 heavy (non-hydrogen) atoms. The molecule has 0 radical (unpaired) electrons. The van der Waals surface area contributed by atoms with Gasteiger partial charge in [0.05, 0.1) is 19.6 Å². The van der Waals surface area contributed by atoms with E-state index in [0.717, 1.165) is 77.8 Å². The Morgan fingerprint density at radius 2 is 1.87 bits per heavy atom. The van der Waals surface area contributed by atoms with Crippen molar-refractivity contribution in [2.24, 2.45) is 28.6 Å². The predicted molar refractivity (Wildman–Crippen MR) is 118 cm³/mol. The van der Waals surface area contributed by atoms with Gasteiger partial charge in [-0.2, -0.15) is 0 Å². The van der Waals surface area contributed by atoms with Gasteiger partial charge in [0.15, 0.2) is 0 Å². The monoisotopic (exact) mass is 429 g/mol. The maximum Gasteiger partial charge on any atom is 0.307 e. The van der Waals surface area contributed by atoms with E-state index in [1.165, 1.54) is 12.0 Å². The maximum atomic E-state index is 12.6. The number of esters is 1. The quantitative estimate of drug-likeness (QED) is 0.496. The molecular formula is C26H39NO4. The summed E-state index contributed by atoms with van der Waals surface area (Å²) in [5, 5.41) is 0. The number of ketones is 1. The second kappa shape index (κ2) is 8.30. The average molecular weight is 430 g/mol. The molecule has 1 saturated heterocycles. The zero-order valence-electron chi connectivity index (χ0n) is 19.4. The summed E-state index contributed by atoms with van der Waals surface area (Å²) in [5.41, 5.74) is 1.70. The summed E-state index contributed by atoms with van der Waals surface area (Å²) in [6.07, 6.45) is 11.2. The molecule has 0 aromatic heterocycles. The van der Waals surface area contributed by atoms with Crippen LogP contribution >= 0.6 is 0 Å². The lowest BCUT2D eigenvalue weighted by Crippen LogP contribution is -2.50. The molecule has 172 valence electrons. The minimum absolute atomic E-state index is 0.0370. The van der Waals surface area contributed by atoms with Gasteiger partial charge in [-0.05, 0) is 61.7 Å². The molecule has 5 heteroatoms. The first-order chi connectivity index (χ1) is 14.9. The lowest BCUT2D eigenvalue weighted by molar-refractivity contribution is -0.152. The first-order valence-electron chi connectivity index (χ1n) is 12.6. The fourth-order valence-corrected chi connectivity index (χ4v) is 7.82. The standard InChI is InChI=1S/C26H39NO4/c1-25-10-7-19(31-24(29)9-12-27-13-15-30-16-14-27)17-18(25)3-4-20-21-5-6-23(28)26(21,2)11-8-22(20)25/h3,19-22H,4-17H2,1-2H3/t19-,20-,21-,22+,25-,26-/m0/s1. The van der Waals surface area contributed by atoms with E-state index < -0.39 is 0 Å². The topological polar surface area (TPSA) is 55.8 Å². The summed E-state index contributed by atoms with van der Waals surface area (Å²) in [5.74, 6) is 2.39. The van der Waals surface area contributed by atoms with Crippen LogP contribution in [0.5, 0.6) is 0 Å². The maximum absolute atomic E-state index is 12.6. The Morgan fingerprint density at radius 1 is 1.13 bits per heavy atom. The lowest BCUT2D eigenvalue weighted by Gasteiger charge is -2.56. The summed E-state index contributed by atoms with van der Waals surface area (Å²) >= 11 is 0. The summed E-state index contributed by atoms with van der Waals surface area (Å²) in [7, 11) is 0. The SMILES string of the molecule is C[C@]12CC[C@H](OC(=O)CCN3CCOCC3)CC1=CC[C@@H]1[C@H]2CC[C@]2(C)C(=O)CC[C@@H]12. The molecule has 4 fully saturated rings. The molecule has 5 nitrogen and oxygen atoms in total. The Balaban J connectivity index is 1.20. The van der Waals surface area contributed by atoms with Gasteiger partial charge in [-0.25, -0.2) is 0 Å². The van der Waals surface area contributed by atoms with Crippen LogP contribution in [0, 0.1) is 28.6 Å². The number of carbonyl (C=O) groups is 2. The molecule has 0 N–H and O–H groups in total. The third kappa shape index (κ3) is 3.80. The fourth-order valence-electron chi connectivity index (χ4n) is 7.82. The minimum Gasteiger partial charge on any atom is -0.462 e. The number of ether oxygens (including phenoxy) is 2. The molecule has 0 aromatic carbocycles. The second-order valence-corrected chi connectivity index (χ2v) is 11.2. The molecule has 1 aliphatic heterocycles. The van der Waals surface area contributed by atoms with Crippen molar-refractivity contribution in [3.8, 4) is 0 Å². The van der Waals surface area contributed by atoms with Crippen molar-refractivity contribution in [1.29, 1.82) is 0 Å². The molecule has 4 aliphatic carbocycles. The van der Waals surface area contributed by atoms with Crippen molar-refractivity contribution < 1.29 is 19.1 Å². The Hall–Kier alpha value is -1.20. The van der Waals surface area contributed by atoms with Crippen LogP contribution in [-0.4, -0.2) is 55.6 Å². The third-order valence-electron chi connectivity index (χ3n) is 9.80. The van der Waals surface area contributed by atoms with Crippen LogP contribution < -0.4 is 0 Å². The molecule has 0 amide bonds. The van der Waals surface area contributed by atoms with Crippen molar-refractivity contribution >= 4 is 11.8 Å². The van der Waals surface area contributed by atoms with E-state index in [1.807, 2.05) is 0 Å². The van der Waals surface area contributed by atoms with E-state index in [-0.39, 0.29) is 22.9 Å². The molecule has 6 atom stereocenters. The van der Waals surface area contributed by atoms with Crippen LogP contribution in [-0.2, 0) is 19.1 Å². The zero-order chi connectivity index (χ0) is 21.6. The number of rotatable bonds is 4. The van der Waals surface area contributed by atoms with Gasteiger partial charge in [0.25, 0.3) is 0 Å². The number of nitrogens with zero attached hydrogens (tertiary/aromatic N) is 1. The summed E-state index contributed by atoms with van der Waals surface area (Å²) in [6, 6.07) is 0. The van der Waals surface area contributed by atoms with Gasteiger partial charge in [-0.3, -0.25) is 14.5 Å². The van der Waals surface area contributed by atoms with E-state index in [1.54, 1.807) is 0 Å². The first-order valence-corrected chi connectivity index (χ1v) is 12.6. The van der Waals surface area contributed by atoms with E-state index >= 15 is 0 Å². The van der Waals surface area contributed by atoms with Gasteiger partial charge >= 0.3 is 5.97 Å². The summed E-state index contributed by atoms with van der Waals surface area (Å²) < 4.78 is 11.3. The van der Waals surface area contributed by atoms with Crippen molar-refractivity contribution in [2.45, 2.75) is 77.7 Å². The van der Waals surface area contributed by atoms with E-state index in [0.29, 0.717) is 30.0 Å². The van der Waals surface area contributed by atoms with Crippen LogP contribution in [0.1, 0.15) is 71.6 Å². The highest BCUT2D eigenvalue weighted by atomic mass is 16.5. The van der Waals surface area contributed by atoms with Crippen LogP contribution in [0.15, 0.2) is 11.6 Å². The molecular weight excluding hydrogens is 390 g/mol. The molecule has 3 saturated carbocycles. The number of Topliss-reactive ketones (excluding diaryl/α,β-unsaturated/α-hetero) is 1. The number of hydrogen-bond donors (Lipinski definition) is 0. The highest BCUT2D eigenvalue weighted by Gasteiger charge is 2.58. The van der Waals surface area contributed by atoms with Crippen LogP contribution in [0.25, 0.3) is 0 Å². The van der Waals surface area contributed by atoms with Crippen molar-refractivity contribution in [3.05, 3.63) is 11.6 Å². The van der Waals surface area contributed by atoms with Gasteiger partial charge in [-0.15, -0.1) is 0 Å². The number of allylic oxidation sites excluding steroid dienone is 1. The number of hydrogen-bond acceptors (Lipinski definition) is 5. The van der Waals surface area contributed by atoms with E-state index in [2.05, 4.69) is 24.8 Å². The smallest absolute Gasteiger partial charge is 0.307 e. The van der Waals surface area contributed by atoms with Gasteiger partial charge < -0.3 is 9.47 Å². The minimum atomic E-state index is -0.0594. The van der Waals surface area contributed by atoms with E-state index in [9.17, 15) is 9.59 Å². The van der Waals surface area contributed by atoms with Crippen molar-refractivity contribution in [3.63, 3.8) is 0 Å². The number of morpholine rings is 1. The Labute approximate surface area is 186 Å². The Bertz CT molecular complexity index is 757. The van der Waals surface area contributed by atoms with Crippen LogP contribution in [0.2, 0.25) is 0 Å². The van der Waals surface area contributed by atoms with Crippen LogP contribution in [0.4, 0.5) is 0 Å². The average Bonchev–Trinajstić information content (AvgIpc) is 3.08. The molecule has 0 aromatic rings. The molecule has 5 rings (SSSR count). The normalized spacial score (nSPS) is 42.9. The van der Waals surface area contributed by atoms with Gasteiger partial charge in [0.2, 0.25) is 0 Å². The molecule has 1 heterocycles. The highest BCUT2D eigenvalue weighted by molar-refractivity contribution is 5.87. The van der Waals surface area contributed by atoms with Crippen LogP contribution in [0.3, 0.4) is 0 Å². The predicted octanol–water partition coefficient (Wildman–Crippen LogP) is 4.15. The Morgan fingerprint density at radius 3 is 2.68 bits per heavy atom. The summed E-state index contributed by atoms with van der Waals surface area (Å²) in [4.78, 5) is 27.4. The molecule has 5 aliphatic rings. The van der Waals surface area contributed by atoms with Gasteiger partial charge in [0, 0.05) is 37.9 Å². The number of fused-ring (bicyclic) bond motifs is 5. The molecule has 0 spiro atoms. The largest absolute Gasteiger partial charge is 0.462 e. The van der Waals surface area contributed by atoms with Gasteiger partial charge in [0.1, 0.15) is 11.9 Å². The number of carbonyl (C=O) groups excluding carboxylic acids is 2. The first kappa shape index (κ1) is 21.6. The third-order valence-corrected chi connectivity index (χ3v) is 9.80.